The first-order valence-electron chi connectivity index (χ1n) is 9.61. The molecule has 8 nitrogen and oxygen atoms in total. The molecule has 0 unspecified atom stereocenters. The van der Waals surface area contributed by atoms with Gasteiger partial charge in [-0.15, -0.1) is 0 Å². The molecule has 0 saturated heterocycles. The maximum atomic E-state index is 12.5. The van der Waals surface area contributed by atoms with Crippen molar-refractivity contribution in [3.05, 3.63) is 71.3 Å². The second-order valence-corrected chi connectivity index (χ2v) is 9.40. The van der Waals surface area contributed by atoms with E-state index in [1.165, 1.54) is 6.07 Å². The Balaban J connectivity index is 1.43. The molecule has 30 heavy (non-hydrogen) atoms. The van der Waals surface area contributed by atoms with Crippen molar-refractivity contribution in [3.63, 3.8) is 0 Å². The first kappa shape index (κ1) is 20.1. The summed E-state index contributed by atoms with van der Waals surface area (Å²) in [6.45, 7) is 4.30. The Kier molecular flexibility index (Phi) is 5.29. The van der Waals surface area contributed by atoms with Gasteiger partial charge in [-0.3, -0.25) is 14.5 Å². The lowest BCUT2D eigenvalue weighted by molar-refractivity contribution is 0.0950. The van der Waals surface area contributed by atoms with E-state index in [9.17, 15) is 13.2 Å². The maximum absolute atomic E-state index is 12.5. The number of pyridine rings is 1. The lowest BCUT2D eigenvalue weighted by atomic mass is 10.1. The molecule has 0 spiro atoms. The second-order valence-electron chi connectivity index (χ2n) is 7.42. The Morgan fingerprint density at radius 3 is 2.77 bits per heavy atom. The lowest BCUT2D eigenvalue weighted by Gasteiger charge is -2.29. The van der Waals surface area contributed by atoms with Crippen LogP contribution in [-0.4, -0.2) is 41.9 Å². The van der Waals surface area contributed by atoms with Gasteiger partial charge in [0.1, 0.15) is 0 Å². The Morgan fingerprint density at radius 2 is 2.03 bits per heavy atom. The molecule has 9 heteroatoms. The molecule has 0 radical (unpaired) electrons. The van der Waals surface area contributed by atoms with Gasteiger partial charge in [0.15, 0.2) is 9.84 Å². The molecule has 0 saturated carbocycles. The number of rotatable bonds is 5. The van der Waals surface area contributed by atoms with Crippen LogP contribution < -0.4 is 10.2 Å². The summed E-state index contributed by atoms with van der Waals surface area (Å²) in [5.41, 5.74) is 3.84. The van der Waals surface area contributed by atoms with E-state index in [0.717, 1.165) is 43.0 Å². The quantitative estimate of drug-likeness (QED) is 0.671. The highest BCUT2D eigenvalue weighted by molar-refractivity contribution is 7.90. The zero-order valence-corrected chi connectivity index (χ0v) is 17.7. The Morgan fingerprint density at radius 1 is 1.20 bits per heavy atom. The van der Waals surface area contributed by atoms with Gasteiger partial charge in [-0.2, -0.15) is 5.10 Å². The fourth-order valence-electron chi connectivity index (χ4n) is 3.59. The number of fused-ring (bicyclic) bond motifs is 1. The van der Waals surface area contributed by atoms with Gasteiger partial charge in [0.2, 0.25) is 0 Å². The number of amides is 1. The molecule has 4 rings (SSSR count). The highest BCUT2D eigenvalue weighted by Crippen LogP contribution is 2.21. The van der Waals surface area contributed by atoms with E-state index in [0.29, 0.717) is 11.1 Å². The average Bonchev–Trinajstić information content (AvgIpc) is 3.14. The van der Waals surface area contributed by atoms with Crippen LogP contribution in [0.3, 0.4) is 0 Å². The molecule has 1 aliphatic rings. The lowest BCUT2D eigenvalue weighted by Crippen LogP contribution is -2.33. The maximum Gasteiger partial charge on any atom is 0.251 e. The van der Waals surface area contributed by atoms with E-state index in [4.69, 9.17) is 0 Å². The van der Waals surface area contributed by atoms with Gasteiger partial charge >= 0.3 is 0 Å². The molecule has 1 N–H and O–H groups in total. The van der Waals surface area contributed by atoms with E-state index in [-0.39, 0.29) is 17.3 Å². The fourth-order valence-corrected chi connectivity index (χ4v) is 4.58. The third kappa shape index (κ3) is 4.20. The van der Waals surface area contributed by atoms with Gasteiger partial charge in [0.05, 0.1) is 47.8 Å². The molecule has 156 valence electrons. The summed E-state index contributed by atoms with van der Waals surface area (Å²) in [5.74, 6) is -0.331. The fraction of sp³-hybridized carbons (Fsp3) is 0.286. The second kappa shape index (κ2) is 7.91. The Hall–Kier alpha value is -3.20. The van der Waals surface area contributed by atoms with Crippen LogP contribution in [0.15, 0.2) is 53.7 Å². The summed E-state index contributed by atoms with van der Waals surface area (Å²) in [6.07, 6.45) is 4.74. The van der Waals surface area contributed by atoms with Crippen molar-refractivity contribution >= 4 is 21.4 Å². The van der Waals surface area contributed by atoms with Crippen molar-refractivity contribution in [2.24, 2.45) is 0 Å². The largest absolute Gasteiger partial charge is 0.363 e. The predicted octanol–water partition coefficient (Wildman–Crippen LogP) is 1.94. The Bertz CT molecular complexity index is 1190. The van der Waals surface area contributed by atoms with Crippen LogP contribution in [0.25, 0.3) is 0 Å². The summed E-state index contributed by atoms with van der Waals surface area (Å²) in [6, 6.07) is 10.6. The van der Waals surface area contributed by atoms with E-state index in [2.05, 4.69) is 20.3 Å². The summed E-state index contributed by atoms with van der Waals surface area (Å²) in [5, 5.41) is 7.41. The summed E-state index contributed by atoms with van der Waals surface area (Å²) >= 11 is 0. The van der Waals surface area contributed by atoms with Crippen molar-refractivity contribution in [2.45, 2.75) is 31.5 Å². The number of hydrogen-bond donors (Lipinski definition) is 1. The highest BCUT2D eigenvalue weighted by Gasteiger charge is 2.19. The third-order valence-electron chi connectivity index (χ3n) is 5.14. The van der Waals surface area contributed by atoms with E-state index in [1.54, 1.807) is 25.3 Å². The van der Waals surface area contributed by atoms with E-state index >= 15 is 0 Å². The zero-order valence-electron chi connectivity index (χ0n) is 16.9. The molecule has 0 aliphatic carbocycles. The van der Waals surface area contributed by atoms with Gasteiger partial charge in [-0.05, 0) is 42.8 Å². The van der Waals surface area contributed by atoms with E-state index < -0.39 is 9.84 Å². The number of nitrogens with one attached hydrogen (secondary N) is 1. The van der Waals surface area contributed by atoms with Crippen molar-refractivity contribution in [1.29, 1.82) is 0 Å². The SMILES string of the molecule is Cc1ccc(C(=O)NCc2cc3n(n2)CCN(c2cccnc2)C3)cc1S(C)(=O)=O. The molecule has 0 fully saturated rings. The average molecular weight is 426 g/mol. The topological polar surface area (TPSA) is 97.2 Å². The molecule has 1 amide bonds. The Labute approximate surface area is 175 Å². The predicted molar refractivity (Wildman–Crippen MR) is 113 cm³/mol. The van der Waals surface area contributed by atoms with Crippen molar-refractivity contribution in [1.82, 2.24) is 20.1 Å². The first-order chi connectivity index (χ1) is 14.3. The van der Waals surface area contributed by atoms with Crippen molar-refractivity contribution in [2.75, 3.05) is 17.7 Å². The number of anilines is 1. The zero-order chi connectivity index (χ0) is 21.3. The van der Waals surface area contributed by atoms with Gasteiger partial charge < -0.3 is 10.2 Å². The summed E-state index contributed by atoms with van der Waals surface area (Å²) < 4.78 is 25.8. The third-order valence-corrected chi connectivity index (χ3v) is 6.38. The van der Waals surface area contributed by atoms with Crippen LogP contribution in [0.1, 0.15) is 27.3 Å². The summed E-state index contributed by atoms with van der Waals surface area (Å²) in [7, 11) is -3.39. The number of carbonyl (C=O) groups is 1. The molecule has 3 aromatic rings. The molecule has 0 atom stereocenters. The van der Waals surface area contributed by atoms with Crippen LogP contribution in [-0.2, 0) is 29.5 Å². The number of hydrogen-bond acceptors (Lipinski definition) is 6. The molecule has 1 aliphatic heterocycles. The first-order valence-corrected chi connectivity index (χ1v) is 11.5. The van der Waals surface area contributed by atoms with Crippen LogP contribution in [0.5, 0.6) is 0 Å². The smallest absolute Gasteiger partial charge is 0.251 e. The van der Waals surface area contributed by atoms with Crippen LogP contribution in [0, 0.1) is 6.92 Å². The minimum Gasteiger partial charge on any atom is -0.363 e. The van der Waals surface area contributed by atoms with Crippen LogP contribution in [0.2, 0.25) is 0 Å². The van der Waals surface area contributed by atoms with E-state index in [1.807, 2.05) is 29.1 Å². The number of sulfone groups is 1. The minimum absolute atomic E-state index is 0.170. The molecule has 1 aromatic carbocycles. The van der Waals surface area contributed by atoms with Crippen molar-refractivity contribution < 1.29 is 13.2 Å². The molecule has 3 heterocycles. The number of nitrogens with zero attached hydrogens (tertiary/aromatic N) is 4. The number of carbonyl (C=O) groups excluding carboxylic acids is 1. The minimum atomic E-state index is -3.39. The molecule has 0 bridgehead atoms. The van der Waals surface area contributed by atoms with Crippen LogP contribution in [0.4, 0.5) is 5.69 Å². The summed E-state index contributed by atoms with van der Waals surface area (Å²) in [4.78, 5) is 19.1. The number of aryl methyl sites for hydroxylation is 1. The van der Waals surface area contributed by atoms with Crippen molar-refractivity contribution in [3.8, 4) is 0 Å². The van der Waals surface area contributed by atoms with Gasteiger partial charge in [-0.25, -0.2) is 8.42 Å². The van der Waals surface area contributed by atoms with Gasteiger partial charge in [0.25, 0.3) is 5.91 Å². The number of benzene rings is 1. The van der Waals surface area contributed by atoms with Gasteiger partial charge in [0, 0.05) is 24.6 Å². The number of aromatic nitrogens is 3. The molecule has 2 aromatic heterocycles. The normalized spacial score (nSPS) is 13.7. The monoisotopic (exact) mass is 425 g/mol. The van der Waals surface area contributed by atoms with Gasteiger partial charge in [-0.1, -0.05) is 6.07 Å². The molecular weight excluding hydrogens is 402 g/mol. The highest BCUT2D eigenvalue weighted by atomic mass is 32.2. The standard InChI is InChI=1S/C21H23N5O3S/c1-15-5-6-16(10-20(15)30(2,28)29)21(27)23-12-17-11-19-14-25(8-9-26(19)24-17)18-4-3-7-22-13-18/h3-7,10-11,13H,8-9,12,14H2,1-2H3,(H,23,27). The molecular formula is C21H23N5O3S. The van der Waals surface area contributed by atoms with Crippen LogP contribution >= 0.6 is 0 Å².